The van der Waals surface area contributed by atoms with Crippen LogP contribution in [0.25, 0.3) is 0 Å². The Labute approximate surface area is 106 Å². The highest BCUT2D eigenvalue weighted by atomic mass is 35.5. The van der Waals surface area contributed by atoms with E-state index < -0.39 is 6.10 Å². The fourth-order valence-electron chi connectivity index (χ4n) is 1.79. The minimum absolute atomic E-state index is 0.260. The van der Waals surface area contributed by atoms with Gasteiger partial charge in [-0.15, -0.1) is 0 Å². The van der Waals surface area contributed by atoms with Crippen molar-refractivity contribution < 1.29 is 9.47 Å². The Balaban J connectivity index is 2.01. The number of benzene rings is 1. The quantitative estimate of drug-likeness (QED) is 0.826. The molecule has 0 aromatic heterocycles. The van der Waals surface area contributed by atoms with E-state index in [0.29, 0.717) is 11.6 Å². The number of halogens is 1. The highest BCUT2D eigenvalue weighted by Gasteiger charge is 2.20. The summed E-state index contributed by atoms with van der Waals surface area (Å²) in [4.78, 5) is 0. The van der Waals surface area contributed by atoms with Crippen molar-refractivity contribution in [2.45, 2.75) is 31.7 Å². The molecule has 1 aliphatic rings. The average Bonchev–Trinajstić information content (AvgIpc) is 2.38. The molecule has 0 N–H and O–H groups in total. The van der Waals surface area contributed by atoms with Gasteiger partial charge in [-0.2, -0.15) is 5.26 Å². The van der Waals surface area contributed by atoms with Crippen LogP contribution in [0.5, 0.6) is 0 Å². The summed E-state index contributed by atoms with van der Waals surface area (Å²) < 4.78 is 11.1. The molecule has 4 heteroatoms. The molecule has 3 nitrogen and oxygen atoms in total. The minimum atomic E-state index is -0.588. The van der Waals surface area contributed by atoms with Crippen molar-refractivity contribution in [1.29, 1.82) is 5.26 Å². The number of ether oxygens (including phenoxy) is 2. The zero-order chi connectivity index (χ0) is 12.1. The molecule has 90 valence electrons. The third-order valence-electron chi connectivity index (χ3n) is 2.72. The molecule has 0 bridgehead atoms. The number of nitriles is 1. The summed E-state index contributed by atoms with van der Waals surface area (Å²) in [5.74, 6) is 0. The van der Waals surface area contributed by atoms with Crippen molar-refractivity contribution in [3.05, 3.63) is 34.9 Å². The fraction of sp³-hybridized carbons (Fsp3) is 0.462. The molecule has 2 atom stereocenters. The first-order valence-electron chi connectivity index (χ1n) is 5.72. The molecule has 1 unspecified atom stereocenters. The Morgan fingerprint density at radius 3 is 2.71 bits per heavy atom. The van der Waals surface area contributed by atoms with Crippen LogP contribution < -0.4 is 0 Å². The van der Waals surface area contributed by atoms with Gasteiger partial charge in [-0.05, 0) is 37.0 Å². The van der Waals surface area contributed by atoms with E-state index in [9.17, 15) is 0 Å². The molecule has 0 amide bonds. The lowest BCUT2D eigenvalue weighted by molar-refractivity contribution is -0.178. The number of hydrogen-bond donors (Lipinski definition) is 0. The maximum Gasteiger partial charge on any atom is 0.172 e. The van der Waals surface area contributed by atoms with E-state index in [2.05, 4.69) is 6.07 Å². The van der Waals surface area contributed by atoms with Crippen LogP contribution >= 0.6 is 11.6 Å². The monoisotopic (exact) mass is 251 g/mol. The van der Waals surface area contributed by atoms with Crippen molar-refractivity contribution in [2.75, 3.05) is 6.61 Å². The van der Waals surface area contributed by atoms with Gasteiger partial charge in [0.25, 0.3) is 0 Å². The maximum absolute atomic E-state index is 9.12. The Morgan fingerprint density at radius 2 is 2.12 bits per heavy atom. The third kappa shape index (κ3) is 3.44. The SMILES string of the molecule is N#C[C@@H](OC1CCCCO1)c1ccc(Cl)cc1. The van der Waals surface area contributed by atoms with E-state index in [0.717, 1.165) is 24.8 Å². The van der Waals surface area contributed by atoms with Crippen LogP contribution in [0.1, 0.15) is 30.9 Å². The normalized spacial score (nSPS) is 21.8. The second-order valence-corrected chi connectivity index (χ2v) is 4.43. The fourth-order valence-corrected chi connectivity index (χ4v) is 1.92. The average molecular weight is 252 g/mol. The first-order chi connectivity index (χ1) is 8.29. The first-order valence-corrected chi connectivity index (χ1v) is 6.09. The lowest BCUT2D eigenvalue weighted by Crippen LogP contribution is -2.24. The van der Waals surface area contributed by atoms with Crippen molar-refractivity contribution in [3.8, 4) is 6.07 Å². The van der Waals surface area contributed by atoms with Gasteiger partial charge < -0.3 is 9.47 Å². The molecule has 0 aliphatic carbocycles. The number of nitrogens with zero attached hydrogens (tertiary/aromatic N) is 1. The van der Waals surface area contributed by atoms with E-state index in [1.165, 1.54) is 0 Å². The molecule has 0 spiro atoms. The van der Waals surface area contributed by atoms with Crippen LogP contribution in [0.4, 0.5) is 0 Å². The maximum atomic E-state index is 9.12. The summed E-state index contributed by atoms with van der Waals surface area (Å²) in [5, 5.41) is 9.77. The van der Waals surface area contributed by atoms with Gasteiger partial charge in [0.15, 0.2) is 12.4 Å². The topological polar surface area (TPSA) is 42.2 Å². The highest BCUT2D eigenvalue weighted by molar-refractivity contribution is 6.30. The van der Waals surface area contributed by atoms with E-state index in [1.54, 1.807) is 24.3 Å². The van der Waals surface area contributed by atoms with Crippen molar-refractivity contribution in [3.63, 3.8) is 0 Å². The molecule has 0 radical (unpaired) electrons. The molecule has 1 aromatic carbocycles. The van der Waals surface area contributed by atoms with E-state index >= 15 is 0 Å². The molecular weight excluding hydrogens is 238 g/mol. The van der Waals surface area contributed by atoms with Crippen molar-refractivity contribution >= 4 is 11.6 Å². The summed E-state index contributed by atoms with van der Waals surface area (Å²) in [7, 11) is 0. The van der Waals surface area contributed by atoms with Gasteiger partial charge in [0.2, 0.25) is 0 Å². The Bertz CT molecular complexity index is 393. The summed E-state index contributed by atoms with van der Waals surface area (Å²) in [6.07, 6.45) is 2.16. The summed E-state index contributed by atoms with van der Waals surface area (Å²) in [6.45, 7) is 0.712. The van der Waals surface area contributed by atoms with E-state index in [4.69, 9.17) is 26.3 Å². The molecule has 2 rings (SSSR count). The van der Waals surface area contributed by atoms with E-state index in [1.807, 2.05) is 0 Å². The van der Waals surface area contributed by atoms with Crippen LogP contribution in [0.3, 0.4) is 0 Å². The second kappa shape index (κ2) is 6.02. The molecule has 1 aromatic rings. The minimum Gasteiger partial charge on any atom is -0.353 e. The van der Waals surface area contributed by atoms with Gasteiger partial charge in [-0.1, -0.05) is 23.7 Å². The van der Waals surface area contributed by atoms with Crippen LogP contribution in [0, 0.1) is 11.3 Å². The molecule has 0 saturated carbocycles. The highest BCUT2D eigenvalue weighted by Crippen LogP contribution is 2.24. The smallest absolute Gasteiger partial charge is 0.172 e. The van der Waals surface area contributed by atoms with Crippen molar-refractivity contribution in [1.82, 2.24) is 0 Å². The number of rotatable bonds is 3. The predicted octanol–water partition coefficient (Wildman–Crippen LogP) is 3.45. The van der Waals surface area contributed by atoms with Gasteiger partial charge in [0, 0.05) is 11.6 Å². The largest absolute Gasteiger partial charge is 0.353 e. The van der Waals surface area contributed by atoms with Gasteiger partial charge in [0.05, 0.1) is 6.07 Å². The van der Waals surface area contributed by atoms with Gasteiger partial charge in [0.1, 0.15) is 0 Å². The van der Waals surface area contributed by atoms with Gasteiger partial charge in [-0.3, -0.25) is 0 Å². The zero-order valence-corrected chi connectivity index (χ0v) is 10.2. The van der Waals surface area contributed by atoms with Gasteiger partial charge in [-0.25, -0.2) is 0 Å². The van der Waals surface area contributed by atoms with Gasteiger partial charge >= 0.3 is 0 Å². The lowest BCUT2D eigenvalue weighted by Gasteiger charge is -2.25. The molecule has 1 heterocycles. The van der Waals surface area contributed by atoms with Crippen LogP contribution in [-0.4, -0.2) is 12.9 Å². The first kappa shape index (κ1) is 12.4. The molecule has 17 heavy (non-hydrogen) atoms. The lowest BCUT2D eigenvalue weighted by atomic mass is 10.1. The van der Waals surface area contributed by atoms with Crippen molar-refractivity contribution in [2.24, 2.45) is 0 Å². The van der Waals surface area contributed by atoms with Crippen LogP contribution in [0.15, 0.2) is 24.3 Å². The molecule has 1 fully saturated rings. The van der Waals surface area contributed by atoms with Crippen LogP contribution in [-0.2, 0) is 9.47 Å². The standard InChI is InChI=1S/C13H14ClNO2/c14-11-6-4-10(5-7-11)12(9-15)17-13-3-1-2-8-16-13/h4-7,12-13H,1-3,8H2/t12-,13?/m1/s1. The zero-order valence-electron chi connectivity index (χ0n) is 9.43. The molecule has 1 saturated heterocycles. The predicted molar refractivity (Wildman–Crippen MR) is 64.5 cm³/mol. The third-order valence-corrected chi connectivity index (χ3v) is 2.97. The van der Waals surface area contributed by atoms with Crippen LogP contribution in [0.2, 0.25) is 5.02 Å². The molecule has 1 aliphatic heterocycles. The summed E-state index contributed by atoms with van der Waals surface area (Å²) >= 11 is 5.80. The number of hydrogen-bond acceptors (Lipinski definition) is 3. The van der Waals surface area contributed by atoms with E-state index in [-0.39, 0.29) is 6.29 Å². The molecular formula is C13H14ClNO2. The second-order valence-electron chi connectivity index (χ2n) is 3.99. The Kier molecular flexibility index (Phi) is 4.38. The Morgan fingerprint density at radius 1 is 1.35 bits per heavy atom. The summed E-state index contributed by atoms with van der Waals surface area (Å²) in [5.41, 5.74) is 0.811. The summed E-state index contributed by atoms with van der Waals surface area (Å²) in [6, 6.07) is 9.26. The Hall–Kier alpha value is -1.08.